The molecule has 1 fully saturated rings. The maximum absolute atomic E-state index is 9.55. The summed E-state index contributed by atoms with van der Waals surface area (Å²) in [6, 6.07) is 0. The number of aliphatic hydroxyl groups is 2. The molecule has 1 saturated carbocycles. The highest BCUT2D eigenvalue weighted by Gasteiger charge is 2.54. The molecular formula is C8H16O2. The molecule has 1 aliphatic rings. The fourth-order valence-electron chi connectivity index (χ4n) is 1.42. The van der Waals surface area contributed by atoms with E-state index in [0.29, 0.717) is 5.92 Å². The Labute approximate surface area is 61.9 Å². The zero-order chi connectivity index (χ0) is 7.78. The Morgan fingerprint density at radius 1 is 1.70 bits per heavy atom. The molecule has 60 valence electrons. The van der Waals surface area contributed by atoms with E-state index >= 15 is 0 Å². The van der Waals surface area contributed by atoms with Gasteiger partial charge in [0.1, 0.15) is 0 Å². The Kier molecular flexibility index (Phi) is 2.02. The van der Waals surface area contributed by atoms with Crippen LogP contribution in [0.1, 0.15) is 33.1 Å². The number of hydrogen-bond acceptors (Lipinski definition) is 2. The molecule has 0 aliphatic heterocycles. The summed E-state index contributed by atoms with van der Waals surface area (Å²) in [6.45, 7) is 3.98. The fourth-order valence-corrected chi connectivity index (χ4v) is 1.42. The largest absolute Gasteiger partial charge is 0.390 e. The second kappa shape index (κ2) is 2.51. The Morgan fingerprint density at radius 3 is 2.50 bits per heavy atom. The lowest BCUT2D eigenvalue weighted by Gasteiger charge is -2.16. The summed E-state index contributed by atoms with van der Waals surface area (Å²) >= 11 is 0. The van der Waals surface area contributed by atoms with Crippen molar-refractivity contribution in [2.45, 2.75) is 44.8 Å². The summed E-state index contributed by atoms with van der Waals surface area (Å²) in [5.74, 6) is 0.300. The highest BCUT2D eigenvalue weighted by atomic mass is 16.3. The predicted octanol–water partition coefficient (Wildman–Crippen LogP) is 0.918. The van der Waals surface area contributed by atoms with E-state index in [2.05, 4.69) is 0 Å². The van der Waals surface area contributed by atoms with Gasteiger partial charge in [-0.05, 0) is 18.8 Å². The first-order chi connectivity index (χ1) is 4.61. The number of rotatable bonds is 3. The van der Waals surface area contributed by atoms with Gasteiger partial charge in [-0.25, -0.2) is 0 Å². The van der Waals surface area contributed by atoms with Gasteiger partial charge in [-0.3, -0.25) is 0 Å². The predicted molar refractivity (Wildman–Crippen MR) is 39.6 cm³/mol. The molecular weight excluding hydrogens is 128 g/mol. The van der Waals surface area contributed by atoms with Gasteiger partial charge in [-0.15, -0.1) is 0 Å². The SMILES string of the molecule is CCCC(O)C1(O)CC1C. The molecule has 1 rings (SSSR count). The van der Waals surface area contributed by atoms with E-state index in [1.54, 1.807) is 0 Å². The molecule has 0 saturated heterocycles. The Hall–Kier alpha value is -0.0800. The lowest BCUT2D eigenvalue weighted by atomic mass is 10.1. The average Bonchev–Trinajstić information content (AvgIpc) is 2.43. The zero-order valence-electron chi connectivity index (χ0n) is 6.67. The minimum Gasteiger partial charge on any atom is -0.390 e. The van der Waals surface area contributed by atoms with Crippen LogP contribution < -0.4 is 0 Å². The van der Waals surface area contributed by atoms with E-state index in [1.807, 2.05) is 13.8 Å². The maximum atomic E-state index is 9.55. The van der Waals surface area contributed by atoms with Gasteiger partial charge in [-0.1, -0.05) is 20.3 Å². The first kappa shape index (κ1) is 8.02. The van der Waals surface area contributed by atoms with Crippen molar-refractivity contribution in [2.75, 3.05) is 0 Å². The molecule has 0 spiro atoms. The summed E-state index contributed by atoms with van der Waals surface area (Å²) < 4.78 is 0. The topological polar surface area (TPSA) is 40.5 Å². The molecule has 0 aromatic carbocycles. The van der Waals surface area contributed by atoms with E-state index in [9.17, 15) is 10.2 Å². The maximum Gasteiger partial charge on any atom is 0.0935 e. The second-order valence-electron chi connectivity index (χ2n) is 3.40. The van der Waals surface area contributed by atoms with E-state index in [1.165, 1.54) is 0 Å². The fraction of sp³-hybridized carbons (Fsp3) is 1.00. The van der Waals surface area contributed by atoms with Crippen LogP contribution >= 0.6 is 0 Å². The van der Waals surface area contributed by atoms with Crippen LogP contribution in [0.4, 0.5) is 0 Å². The van der Waals surface area contributed by atoms with Crippen LogP contribution in [0.25, 0.3) is 0 Å². The third-order valence-corrected chi connectivity index (χ3v) is 2.47. The molecule has 3 atom stereocenters. The molecule has 0 amide bonds. The summed E-state index contributed by atoms with van der Waals surface area (Å²) in [5.41, 5.74) is -0.726. The van der Waals surface area contributed by atoms with Crippen molar-refractivity contribution >= 4 is 0 Å². The molecule has 0 bridgehead atoms. The molecule has 2 heteroatoms. The van der Waals surface area contributed by atoms with Gasteiger partial charge in [0.25, 0.3) is 0 Å². The Balaban J connectivity index is 2.34. The van der Waals surface area contributed by atoms with Crippen molar-refractivity contribution in [1.82, 2.24) is 0 Å². The van der Waals surface area contributed by atoms with Crippen molar-refractivity contribution in [1.29, 1.82) is 0 Å². The molecule has 0 aromatic rings. The molecule has 0 aromatic heterocycles. The van der Waals surface area contributed by atoms with Crippen molar-refractivity contribution in [3.63, 3.8) is 0 Å². The molecule has 2 nitrogen and oxygen atoms in total. The van der Waals surface area contributed by atoms with Gasteiger partial charge < -0.3 is 10.2 Å². The van der Waals surface area contributed by atoms with Crippen molar-refractivity contribution in [3.05, 3.63) is 0 Å². The summed E-state index contributed by atoms with van der Waals surface area (Å²) in [6.07, 6.45) is 1.94. The highest BCUT2D eigenvalue weighted by Crippen LogP contribution is 2.46. The van der Waals surface area contributed by atoms with Gasteiger partial charge in [0.15, 0.2) is 0 Å². The van der Waals surface area contributed by atoms with Crippen LogP contribution in [0.2, 0.25) is 0 Å². The molecule has 10 heavy (non-hydrogen) atoms. The smallest absolute Gasteiger partial charge is 0.0935 e. The lowest BCUT2D eigenvalue weighted by Crippen LogP contribution is -2.29. The minimum atomic E-state index is -0.726. The third kappa shape index (κ3) is 1.18. The normalized spacial score (nSPS) is 41.4. The highest BCUT2D eigenvalue weighted by molar-refractivity contribution is 5.05. The average molecular weight is 144 g/mol. The minimum absolute atomic E-state index is 0.300. The third-order valence-electron chi connectivity index (χ3n) is 2.47. The van der Waals surface area contributed by atoms with Crippen molar-refractivity contribution < 1.29 is 10.2 Å². The summed E-state index contributed by atoms with van der Waals surface area (Å²) in [4.78, 5) is 0. The van der Waals surface area contributed by atoms with Gasteiger partial charge in [0.05, 0.1) is 11.7 Å². The lowest BCUT2D eigenvalue weighted by molar-refractivity contribution is -0.0147. The first-order valence-electron chi connectivity index (χ1n) is 4.01. The first-order valence-corrected chi connectivity index (χ1v) is 4.01. The molecule has 0 radical (unpaired) electrons. The van der Waals surface area contributed by atoms with Crippen LogP contribution in [0.15, 0.2) is 0 Å². The van der Waals surface area contributed by atoms with Crippen LogP contribution in [0, 0.1) is 5.92 Å². The number of hydrogen-bond donors (Lipinski definition) is 2. The molecule has 0 heterocycles. The second-order valence-corrected chi connectivity index (χ2v) is 3.40. The van der Waals surface area contributed by atoms with Crippen LogP contribution in [0.3, 0.4) is 0 Å². The number of aliphatic hydroxyl groups excluding tert-OH is 1. The summed E-state index contributed by atoms with van der Waals surface area (Å²) in [5, 5.41) is 18.9. The van der Waals surface area contributed by atoms with Gasteiger partial charge >= 0.3 is 0 Å². The van der Waals surface area contributed by atoms with Crippen LogP contribution in [-0.2, 0) is 0 Å². The van der Waals surface area contributed by atoms with Crippen molar-refractivity contribution in [3.8, 4) is 0 Å². The Morgan fingerprint density at radius 2 is 2.20 bits per heavy atom. The molecule has 2 N–H and O–H groups in total. The van der Waals surface area contributed by atoms with E-state index in [-0.39, 0.29) is 0 Å². The van der Waals surface area contributed by atoms with Crippen molar-refractivity contribution in [2.24, 2.45) is 5.92 Å². The van der Waals surface area contributed by atoms with E-state index in [0.717, 1.165) is 19.3 Å². The van der Waals surface area contributed by atoms with Gasteiger partial charge in [0.2, 0.25) is 0 Å². The monoisotopic (exact) mass is 144 g/mol. The Bertz CT molecular complexity index is 124. The van der Waals surface area contributed by atoms with E-state index in [4.69, 9.17) is 0 Å². The molecule has 3 unspecified atom stereocenters. The van der Waals surface area contributed by atoms with E-state index < -0.39 is 11.7 Å². The quantitative estimate of drug-likeness (QED) is 0.618. The van der Waals surface area contributed by atoms with Gasteiger partial charge in [0, 0.05) is 0 Å². The summed E-state index contributed by atoms with van der Waals surface area (Å²) in [7, 11) is 0. The van der Waals surface area contributed by atoms with Crippen LogP contribution in [-0.4, -0.2) is 21.9 Å². The standard InChI is InChI=1S/C8H16O2/c1-3-4-7(9)8(10)5-6(8)2/h6-7,9-10H,3-5H2,1-2H3. The molecule has 1 aliphatic carbocycles. The van der Waals surface area contributed by atoms with Crippen LogP contribution in [0.5, 0.6) is 0 Å². The van der Waals surface area contributed by atoms with Gasteiger partial charge in [-0.2, -0.15) is 0 Å². The zero-order valence-corrected chi connectivity index (χ0v) is 6.67.